The van der Waals surface area contributed by atoms with Crippen molar-refractivity contribution in [1.29, 1.82) is 0 Å². The van der Waals surface area contributed by atoms with Crippen LogP contribution in [0.15, 0.2) is 48.5 Å². The largest absolute Gasteiger partial charge is 0.324 e. The molecule has 0 radical (unpaired) electrons. The quantitative estimate of drug-likeness (QED) is 0.905. The summed E-state index contributed by atoms with van der Waals surface area (Å²) in [4.78, 5) is 26.0. The monoisotopic (exact) mass is 362 g/mol. The highest BCUT2D eigenvalue weighted by Crippen LogP contribution is 2.43. The molecule has 1 aliphatic heterocycles. The number of hydrogen-bond acceptors (Lipinski definition) is 3. The molecule has 3 rings (SSSR count). The van der Waals surface area contributed by atoms with Gasteiger partial charge in [0.2, 0.25) is 11.8 Å². The zero-order valence-corrected chi connectivity index (χ0v) is 14.2. The molecule has 0 bridgehead atoms. The molecule has 2 amide bonds. The van der Waals surface area contributed by atoms with E-state index in [-0.39, 0.29) is 17.7 Å². The van der Waals surface area contributed by atoms with Crippen molar-refractivity contribution >= 4 is 29.3 Å². The maximum Gasteiger partial charge on any atom is 0.244 e. The number of rotatable bonds is 4. The van der Waals surface area contributed by atoms with Crippen LogP contribution < -0.4 is 5.32 Å². The fourth-order valence-corrected chi connectivity index (χ4v) is 3.97. The van der Waals surface area contributed by atoms with Gasteiger partial charge < -0.3 is 10.2 Å². The lowest BCUT2D eigenvalue weighted by molar-refractivity contribution is -0.133. The average Bonchev–Trinajstić information content (AvgIpc) is 2.83. The van der Waals surface area contributed by atoms with Crippen molar-refractivity contribution in [2.45, 2.75) is 17.5 Å². The number of halogens is 2. The van der Waals surface area contributed by atoms with Crippen LogP contribution in [0.2, 0.25) is 0 Å². The molecule has 0 unspecified atom stereocenters. The molecule has 2 atom stereocenters. The standard InChI is InChI=1S/C18H16F2N2O2S/c1-11-17(24)22(18(25-11)14-7-2-3-8-15(14)20)10-16(23)21-13-6-4-5-12(19)9-13/h2-9,11,18H,10H2,1H3,(H,21,23)/t11-,18+/m1/s1. The second kappa shape index (κ2) is 7.23. The lowest BCUT2D eigenvalue weighted by Gasteiger charge is -2.24. The normalized spacial score (nSPS) is 20.0. The van der Waals surface area contributed by atoms with Crippen LogP contribution in [0.4, 0.5) is 14.5 Å². The number of nitrogens with zero attached hydrogens (tertiary/aromatic N) is 1. The number of hydrogen-bond donors (Lipinski definition) is 1. The van der Waals surface area contributed by atoms with Crippen LogP contribution in [0.5, 0.6) is 0 Å². The van der Waals surface area contributed by atoms with E-state index in [4.69, 9.17) is 0 Å². The molecule has 1 N–H and O–H groups in total. The maximum atomic E-state index is 14.1. The average molecular weight is 362 g/mol. The lowest BCUT2D eigenvalue weighted by atomic mass is 10.2. The zero-order chi connectivity index (χ0) is 18.0. The molecule has 1 fully saturated rings. The first-order valence-corrected chi connectivity index (χ1v) is 8.66. The molecule has 0 aromatic heterocycles. The highest BCUT2D eigenvalue weighted by Gasteiger charge is 2.40. The highest BCUT2D eigenvalue weighted by atomic mass is 32.2. The van der Waals surface area contributed by atoms with Crippen LogP contribution in [-0.4, -0.2) is 28.5 Å². The van der Waals surface area contributed by atoms with Crippen LogP contribution in [-0.2, 0) is 9.59 Å². The minimum absolute atomic E-state index is 0.229. The van der Waals surface area contributed by atoms with E-state index in [9.17, 15) is 18.4 Å². The van der Waals surface area contributed by atoms with Gasteiger partial charge in [0.15, 0.2) is 0 Å². The molecular weight excluding hydrogens is 346 g/mol. The summed E-state index contributed by atoms with van der Waals surface area (Å²) in [6, 6.07) is 11.7. The number of nitrogens with one attached hydrogen (secondary N) is 1. The molecule has 1 saturated heterocycles. The molecule has 1 heterocycles. The third-order valence-electron chi connectivity index (χ3n) is 3.84. The molecule has 7 heteroatoms. The molecule has 1 aliphatic rings. The second-order valence-electron chi connectivity index (χ2n) is 5.68. The molecule has 4 nitrogen and oxygen atoms in total. The summed E-state index contributed by atoms with van der Waals surface area (Å²) >= 11 is 1.30. The number of carbonyl (C=O) groups is 2. The van der Waals surface area contributed by atoms with E-state index in [2.05, 4.69) is 5.32 Å². The van der Waals surface area contributed by atoms with Gasteiger partial charge in [-0.15, -0.1) is 11.8 Å². The Bertz CT molecular complexity index is 815. The van der Waals surface area contributed by atoms with Gasteiger partial charge in [-0.25, -0.2) is 8.78 Å². The molecule has 2 aromatic carbocycles. The van der Waals surface area contributed by atoms with E-state index >= 15 is 0 Å². The SMILES string of the molecule is C[C@H]1S[C@@H](c2ccccc2F)N(CC(=O)Nc2cccc(F)c2)C1=O. The summed E-state index contributed by atoms with van der Waals surface area (Å²) in [5, 5.41) is 1.62. The summed E-state index contributed by atoms with van der Waals surface area (Å²) in [5.41, 5.74) is 0.670. The number of amides is 2. The van der Waals surface area contributed by atoms with Gasteiger partial charge in [0.1, 0.15) is 23.6 Å². The van der Waals surface area contributed by atoms with E-state index in [1.807, 2.05) is 0 Å². The fourth-order valence-electron chi connectivity index (χ4n) is 2.67. The van der Waals surface area contributed by atoms with Gasteiger partial charge in [-0.2, -0.15) is 0 Å². The predicted octanol–water partition coefficient (Wildman–Crippen LogP) is 3.57. The zero-order valence-electron chi connectivity index (χ0n) is 13.4. The lowest BCUT2D eigenvalue weighted by Crippen LogP contribution is -2.37. The Morgan fingerprint density at radius 3 is 2.68 bits per heavy atom. The maximum absolute atomic E-state index is 14.1. The predicted molar refractivity (Wildman–Crippen MR) is 92.9 cm³/mol. The van der Waals surface area contributed by atoms with Crippen molar-refractivity contribution in [2.24, 2.45) is 0 Å². The summed E-state index contributed by atoms with van der Waals surface area (Å²) < 4.78 is 27.3. The third-order valence-corrected chi connectivity index (χ3v) is 5.22. The molecule has 25 heavy (non-hydrogen) atoms. The molecular formula is C18H16F2N2O2S. The van der Waals surface area contributed by atoms with E-state index in [0.29, 0.717) is 11.3 Å². The Labute approximate surface area is 148 Å². The Hall–Kier alpha value is -2.41. The Morgan fingerprint density at radius 1 is 1.20 bits per heavy atom. The fraction of sp³-hybridized carbons (Fsp3) is 0.222. The van der Waals surface area contributed by atoms with E-state index in [0.717, 1.165) is 0 Å². The highest BCUT2D eigenvalue weighted by molar-refractivity contribution is 8.01. The number of carbonyl (C=O) groups excluding carboxylic acids is 2. The van der Waals surface area contributed by atoms with Crippen LogP contribution in [0, 0.1) is 11.6 Å². The van der Waals surface area contributed by atoms with Crippen molar-refractivity contribution in [3.05, 3.63) is 65.7 Å². The van der Waals surface area contributed by atoms with Crippen molar-refractivity contribution in [2.75, 3.05) is 11.9 Å². The molecule has 0 saturated carbocycles. The summed E-state index contributed by atoms with van der Waals surface area (Å²) in [5.74, 6) is -1.58. The molecule has 0 aliphatic carbocycles. The first-order valence-electron chi connectivity index (χ1n) is 7.71. The first-order chi connectivity index (χ1) is 12.0. The van der Waals surface area contributed by atoms with Crippen molar-refractivity contribution in [1.82, 2.24) is 4.90 Å². The van der Waals surface area contributed by atoms with Gasteiger partial charge >= 0.3 is 0 Å². The minimum atomic E-state index is -0.568. The van der Waals surface area contributed by atoms with Crippen molar-refractivity contribution < 1.29 is 18.4 Å². The van der Waals surface area contributed by atoms with Gasteiger partial charge in [-0.3, -0.25) is 9.59 Å². The van der Waals surface area contributed by atoms with E-state index in [1.54, 1.807) is 31.2 Å². The second-order valence-corrected chi connectivity index (χ2v) is 7.10. The smallest absolute Gasteiger partial charge is 0.244 e. The molecule has 2 aromatic rings. The van der Waals surface area contributed by atoms with Gasteiger partial charge in [0.25, 0.3) is 0 Å². The van der Waals surface area contributed by atoms with Crippen LogP contribution in [0.1, 0.15) is 17.9 Å². The third kappa shape index (κ3) is 3.82. The number of benzene rings is 2. The van der Waals surface area contributed by atoms with E-state index in [1.165, 1.54) is 40.9 Å². The van der Waals surface area contributed by atoms with Crippen LogP contribution in [0.3, 0.4) is 0 Å². The summed E-state index contributed by atoms with van der Waals surface area (Å²) in [6.07, 6.45) is 0. The molecule has 0 spiro atoms. The van der Waals surface area contributed by atoms with Gasteiger partial charge in [-0.1, -0.05) is 24.3 Å². The van der Waals surface area contributed by atoms with Crippen molar-refractivity contribution in [3.8, 4) is 0 Å². The van der Waals surface area contributed by atoms with Gasteiger partial charge in [0.05, 0.1) is 5.25 Å². The topological polar surface area (TPSA) is 49.4 Å². The van der Waals surface area contributed by atoms with Crippen molar-refractivity contribution in [3.63, 3.8) is 0 Å². The number of anilines is 1. The van der Waals surface area contributed by atoms with Gasteiger partial charge in [0, 0.05) is 11.3 Å². The van der Waals surface area contributed by atoms with E-state index < -0.39 is 22.9 Å². The summed E-state index contributed by atoms with van der Waals surface area (Å²) in [7, 11) is 0. The van der Waals surface area contributed by atoms with Gasteiger partial charge in [-0.05, 0) is 31.2 Å². The first kappa shape index (κ1) is 17.4. The molecule has 130 valence electrons. The van der Waals surface area contributed by atoms with Crippen LogP contribution in [0.25, 0.3) is 0 Å². The Morgan fingerprint density at radius 2 is 1.96 bits per heavy atom. The summed E-state index contributed by atoms with van der Waals surface area (Å²) in [6.45, 7) is 1.50. The minimum Gasteiger partial charge on any atom is -0.324 e. The number of thioether (sulfide) groups is 1. The van der Waals surface area contributed by atoms with Crippen LogP contribution >= 0.6 is 11.8 Å². The Kier molecular flexibility index (Phi) is 5.03. The Balaban J connectivity index is 1.77.